The number of aliphatic hydroxyl groups is 1. The molecule has 0 amide bonds. The Bertz CT molecular complexity index is 803. The summed E-state index contributed by atoms with van der Waals surface area (Å²) in [7, 11) is 0. The van der Waals surface area contributed by atoms with Crippen LogP contribution in [0.1, 0.15) is 49.1 Å². The summed E-state index contributed by atoms with van der Waals surface area (Å²) in [5.41, 5.74) is 4.98. The third kappa shape index (κ3) is 3.79. The fourth-order valence-corrected chi connectivity index (χ4v) is 4.61. The molecule has 2 unspecified atom stereocenters. The number of aromatic nitrogens is 3. The Balaban J connectivity index is 1.47. The van der Waals surface area contributed by atoms with Crippen molar-refractivity contribution in [3.05, 3.63) is 46.8 Å². The molecule has 2 aromatic rings. The highest BCUT2D eigenvalue weighted by atomic mass is 16.5. The number of aliphatic hydroxyl groups excluding tert-OH is 1. The number of likely N-dealkylation sites (tertiary alicyclic amines) is 1. The minimum atomic E-state index is -0.416. The van der Waals surface area contributed by atoms with E-state index in [0.29, 0.717) is 12.6 Å². The number of ether oxygens (including phenoxy) is 1. The van der Waals surface area contributed by atoms with Crippen molar-refractivity contribution in [3.8, 4) is 0 Å². The minimum Gasteiger partial charge on any atom is -0.391 e. The molecular weight excluding hydrogens is 340 g/mol. The number of benzene rings is 1. The van der Waals surface area contributed by atoms with E-state index in [1.54, 1.807) is 11.6 Å². The van der Waals surface area contributed by atoms with Gasteiger partial charge in [-0.25, -0.2) is 4.68 Å². The van der Waals surface area contributed by atoms with E-state index >= 15 is 0 Å². The zero-order valence-corrected chi connectivity index (χ0v) is 16.6. The van der Waals surface area contributed by atoms with Crippen molar-refractivity contribution in [2.45, 2.75) is 70.9 Å². The van der Waals surface area contributed by atoms with Gasteiger partial charge in [0, 0.05) is 25.3 Å². The number of hydrogen-bond acceptors (Lipinski definition) is 5. The average Bonchev–Trinajstić information content (AvgIpc) is 3.05. The van der Waals surface area contributed by atoms with Gasteiger partial charge in [-0.3, -0.25) is 4.90 Å². The number of nitrogens with zero attached hydrogens (tertiary/aromatic N) is 4. The number of rotatable bonds is 4. The van der Waals surface area contributed by atoms with Crippen LogP contribution in [0.3, 0.4) is 0 Å². The summed E-state index contributed by atoms with van der Waals surface area (Å²) in [5, 5.41) is 17.9. The number of piperidine rings is 1. The van der Waals surface area contributed by atoms with Crippen molar-refractivity contribution in [1.29, 1.82) is 0 Å². The summed E-state index contributed by atoms with van der Waals surface area (Å²) in [6.45, 7) is 9.28. The van der Waals surface area contributed by atoms with E-state index < -0.39 is 6.10 Å². The molecule has 0 saturated carbocycles. The molecule has 1 N–H and O–H groups in total. The first-order valence-electron chi connectivity index (χ1n) is 10.0. The van der Waals surface area contributed by atoms with Crippen LogP contribution in [0.15, 0.2) is 24.4 Å². The van der Waals surface area contributed by atoms with Gasteiger partial charge in [-0.15, -0.1) is 5.10 Å². The van der Waals surface area contributed by atoms with Gasteiger partial charge in [-0.2, -0.15) is 0 Å². The lowest BCUT2D eigenvalue weighted by molar-refractivity contribution is -0.113. The topological polar surface area (TPSA) is 63.4 Å². The second-order valence-corrected chi connectivity index (χ2v) is 8.31. The molecule has 1 aromatic heterocycles. The minimum absolute atomic E-state index is 0.139. The van der Waals surface area contributed by atoms with Crippen LogP contribution >= 0.6 is 0 Å². The van der Waals surface area contributed by atoms with Gasteiger partial charge in [0.15, 0.2) is 0 Å². The first-order chi connectivity index (χ1) is 12.9. The highest BCUT2D eigenvalue weighted by Gasteiger charge is 2.43. The van der Waals surface area contributed by atoms with Crippen LogP contribution in [-0.4, -0.2) is 50.3 Å². The van der Waals surface area contributed by atoms with Gasteiger partial charge in [-0.1, -0.05) is 29.0 Å². The van der Waals surface area contributed by atoms with Crippen molar-refractivity contribution in [3.63, 3.8) is 0 Å². The molecule has 146 valence electrons. The van der Waals surface area contributed by atoms with Crippen molar-refractivity contribution in [2.24, 2.45) is 0 Å². The number of fused-ring (bicyclic) bond motifs is 2. The highest BCUT2D eigenvalue weighted by molar-refractivity contribution is 5.38. The van der Waals surface area contributed by atoms with Crippen LogP contribution in [0.2, 0.25) is 0 Å². The molecule has 4 rings (SSSR count). The fraction of sp³-hybridized carbons (Fsp3) is 0.619. The molecular formula is C21H30N4O2. The summed E-state index contributed by atoms with van der Waals surface area (Å²) < 4.78 is 8.14. The molecule has 6 nitrogen and oxygen atoms in total. The lowest BCUT2D eigenvalue weighted by Gasteiger charge is -2.48. The van der Waals surface area contributed by atoms with Crippen molar-refractivity contribution in [2.75, 3.05) is 13.2 Å². The van der Waals surface area contributed by atoms with Gasteiger partial charge in [0.05, 0.1) is 30.6 Å². The van der Waals surface area contributed by atoms with Crippen LogP contribution < -0.4 is 0 Å². The maximum Gasteiger partial charge on any atom is 0.0967 e. The average molecular weight is 370 g/mol. The molecule has 1 spiro atoms. The normalized spacial score (nSPS) is 26.9. The molecule has 0 bridgehead atoms. The van der Waals surface area contributed by atoms with Gasteiger partial charge in [0.2, 0.25) is 0 Å². The smallest absolute Gasteiger partial charge is 0.0967 e. The van der Waals surface area contributed by atoms with Gasteiger partial charge in [0.1, 0.15) is 0 Å². The Labute approximate surface area is 161 Å². The SMILES string of the molecule is Cc1ccc2c(c1)C1(CCN(Cc3cn(CC(C)O)nn3)[C@@H](C)C1)OCC2. The van der Waals surface area contributed by atoms with Crippen LogP contribution in [0, 0.1) is 6.92 Å². The van der Waals surface area contributed by atoms with Crippen LogP contribution in [-0.2, 0) is 29.8 Å². The van der Waals surface area contributed by atoms with E-state index in [4.69, 9.17) is 4.74 Å². The Kier molecular flexibility index (Phi) is 5.05. The van der Waals surface area contributed by atoms with Crippen molar-refractivity contribution in [1.82, 2.24) is 19.9 Å². The summed E-state index contributed by atoms with van der Waals surface area (Å²) in [4.78, 5) is 2.47. The van der Waals surface area contributed by atoms with Crippen molar-refractivity contribution < 1.29 is 9.84 Å². The first-order valence-corrected chi connectivity index (χ1v) is 10.0. The molecule has 2 aliphatic heterocycles. The van der Waals surface area contributed by atoms with Gasteiger partial charge in [0.25, 0.3) is 0 Å². The molecule has 27 heavy (non-hydrogen) atoms. The van der Waals surface area contributed by atoms with Gasteiger partial charge < -0.3 is 9.84 Å². The largest absolute Gasteiger partial charge is 0.391 e. The van der Waals surface area contributed by atoms with Crippen molar-refractivity contribution >= 4 is 0 Å². The third-order valence-corrected chi connectivity index (χ3v) is 5.96. The third-order valence-electron chi connectivity index (χ3n) is 5.96. The molecule has 3 heterocycles. The maximum atomic E-state index is 9.51. The van der Waals surface area contributed by atoms with Crippen LogP contribution in [0.4, 0.5) is 0 Å². The number of hydrogen-bond donors (Lipinski definition) is 1. The molecule has 0 aliphatic carbocycles. The maximum absolute atomic E-state index is 9.51. The zero-order chi connectivity index (χ0) is 19.0. The lowest BCUT2D eigenvalue weighted by atomic mass is 9.76. The van der Waals surface area contributed by atoms with E-state index in [-0.39, 0.29) is 5.60 Å². The van der Waals surface area contributed by atoms with E-state index in [1.807, 2.05) is 6.20 Å². The Hall–Kier alpha value is -1.76. The summed E-state index contributed by atoms with van der Waals surface area (Å²) in [6.07, 6.45) is 4.56. The predicted octanol–water partition coefficient (Wildman–Crippen LogP) is 2.42. The molecule has 0 radical (unpaired) electrons. The lowest BCUT2D eigenvalue weighted by Crippen LogP contribution is -2.50. The van der Waals surface area contributed by atoms with Gasteiger partial charge >= 0.3 is 0 Å². The second kappa shape index (κ2) is 7.34. The second-order valence-electron chi connectivity index (χ2n) is 8.31. The van der Waals surface area contributed by atoms with E-state index in [1.165, 1.54) is 16.7 Å². The molecule has 2 aliphatic rings. The molecule has 3 atom stereocenters. The monoisotopic (exact) mass is 370 g/mol. The molecule has 6 heteroatoms. The van der Waals surface area contributed by atoms with E-state index in [0.717, 1.165) is 44.7 Å². The Morgan fingerprint density at radius 1 is 1.41 bits per heavy atom. The van der Waals surface area contributed by atoms with Crippen LogP contribution in [0.25, 0.3) is 0 Å². The fourth-order valence-electron chi connectivity index (χ4n) is 4.61. The van der Waals surface area contributed by atoms with E-state index in [2.05, 4.69) is 47.3 Å². The summed E-state index contributed by atoms with van der Waals surface area (Å²) in [5.74, 6) is 0. The summed E-state index contributed by atoms with van der Waals surface area (Å²) >= 11 is 0. The van der Waals surface area contributed by atoms with Gasteiger partial charge in [-0.05, 0) is 51.2 Å². The number of aryl methyl sites for hydroxylation is 1. The Morgan fingerprint density at radius 2 is 2.26 bits per heavy atom. The standard InChI is InChI=1S/C21H30N4O2/c1-15-4-5-18-6-9-27-21(20(18)10-15)7-8-24(16(2)11-21)13-19-14-25(23-22-19)12-17(3)26/h4-5,10,14,16-17,26H,6-9,11-13H2,1-3H3/t16-,17?,21?/m0/s1. The molecule has 1 aromatic carbocycles. The Morgan fingerprint density at radius 3 is 3.04 bits per heavy atom. The highest BCUT2D eigenvalue weighted by Crippen LogP contribution is 2.43. The first kappa shape index (κ1) is 18.6. The van der Waals surface area contributed by atoms with E-state index in [9.17, 15) is 5.11 Å². The zero-order valence-electron chi connectivity index (χ0n) is 16.6. The molecule has 1 fully saturated rings. The predicted molar refractivity (Wildman–Crippen MR) is 103 cm³/mol. The quantitative estimate of drug-likeness (QED) is 0.895. The summed E-state index contributed by atoms with van der Waals surface area (Å²) in [6, 6.07) is 7.24. The van der Waals surface area contributed by atoms with Crippen LogP contribution in [0.5, 0.6) is 0 Å². The molecule has 1 saturated heterocycles.